The molecule has 90 valence electrons. The Morgan fingerprint density at radius 2 is 1.80 bits per heavy atom. The van der Waals surface area contributed by atoms with Crippen LogP contribution in [0.1, 0.15) is 58.8 Å². The molecule has 1 N–H and O–H groups in total. The van der Waals surface area contributed by atoms with Crippen LogP contribution in [0.15, 0.2) is 0 Å². The Kier molecular flexibility index (Phi) is 9.59. The van der Waals surface area contributed by atoms with E-state index in [9.17, 15) is 4.79 Å². The van der Waals surface area contributed by atoms with Crippen molar-refractivity contribution in [3.63, 3.8) is 0 Å². The van der Waals surface area contributed by atoms with E-state index in [-0.39, 0.29) is 18.7 Å². The molecule has 3 heteroatoms. The molecule has 0 saturated heterocycles. The summed E-state index contributed by atoms with van der Waals surface area (Å²) >= 11 is 0. The topological polar surface area (TPSA) is 46.5 Å². The number of aliphatic hydroxyl groups is 1. The molecule has 0 aliphatic heterocycles. The molecule has 0 aromatic heterocycles. The van der Waals surface area contributed by atoms with Gasteiger partial charge in [0.1, 0.15) is 6.10 Å². The first-order chi connectivity index (χ1) is 7.20. The summed E-state index contributed by atoms with van der Waals surface area (Å²) in [4.78, 5) is 11.2. The van der Waals surface area contributed by atoms with Gasteiger partial charge in [-0.1, -0.05) is 39.0 Å². The van der Waals surface area contributed by atoms with E-state index in [1.54, 1.807) is 6.92 Å². The number of aliphatic hydroxyl groups excluding tert-OH is 1. The van der Waals surface area contributed by atoms with Gasteiger partial charge < -0.3 is 9.84 Å². The zero-order chi connectivity index (χ0) is 11.5. The third-order valence-electron chi connectivity index (χ3n) is 2.32. The minimum absolute atomic E-state index is 0.0950. The highest BCUT2D eigenvalue weighted by Crippen LogP contribution is 2.07. The highest BCUT2D eigenvalue weighted by molar-refractivity contribution is 5.69. The molecule has 0 heterocycles. The maximum Gasteiger partial charge on any atom is 0.306 e. The second-order valence-corrected chi connectivity index (χ2v) is 4.00. The van der Waals surface area contributed by atoms with Crippen LogP contribution < -0.4 is 0 Å². The van der Waals surface area contributed by atoms with Gasteiger partial charge in [-0.05, 0) is 13.3 Å². The van der Waals surface area contributed by atoms with Crippen molar-refractivity contribution in [1.82, 2.24) is 0 Å². The summed E-state index contributed by atoms with van der Waals surface area (Å²) < 4.78 is 4.94. The van der Waals surface area contributed by atoms with E-state index in [0.717, 1.165) is 12.8 Å². The largest absolute Gasteiger partial charge is 0.460 e. The summed E-state index contributed by atoms with van der Waals surface area (Å²) in [7, 11) is 0. The van der Waals surface area contributed by atoms with Crippen molar-refractivity contribution >= 4 is 5.97 Å². The van der Waals surface area contributed by atoms with E-state index in [1.807, 2.05) is 0 Å². The summed E-state index contributed by atoms with van der Waals surface area (Å²) in [6, 6.07) is 0. The third kappa shape index (κ3) is 9.73. The molecule has 3 nitrogen and oxygen atoms in total. The zero-order valence-corrected chi connectivity index (χ0v) is 10.00. The van der Waals surface area contributed by atoms with E-state index in [1.165, 1.54) is 25.7 Å². The molecule has 1 unspecified atom stereocenters. The van der Waals surface area contributed by atoms with Crippen LogP contribution in [0.3, 0.4) is 0 Å². The number of esters is 1. The summed E-state index contributed by atoms with van der Waals surface area (Å²) in [5, 5.41) is 8.68. The van der Waals surface area contributed by atoms with E-state index in [0.29, 0.717) is 6.42 Å². The molecule has 15 heavy (non-hydrogen) atoms. The van der Waals surface area contributed by atoms with Crippen LogP contribution in [0.5, 0.6) is 0 Å². The highest BCUT2D eigenvalue weighted by atomic mass is 16.5. The summed E-state index contributed by atoms with van der Waals surface area (Å²) in [6.45, 7) is 3.79. The minimum Gasteiger partial charge on any atom is -0.460 e. The molecule has 0 aliphatic carbocycles. The fourth-order valence-corrected chi connectivity index (χ4v) is 1.37. The lowest BCUT2D eigenvalue weighted by Gasteiger charge is -2.09. The molecule has 0 radical (unpaired) electrons. The van der Waals surface area contributed by atoms with Crippen molar-refractivity contribution in [3.05, 3.63) is 0 Å². The van der Waals surface area contributed by atoms with E-state index >= 15 is 0 Å². The molecular weight excluding hydrogens is 192 g/mol. The van der Waals surface area contributed by atoms with Gasteiger partial charge in [0.15, 0.2) is 0 Å². The van der Waals surface area contributed by atoms with Crippen molar-refractivity contribution in [2.24, 2.45) is 0 Å². The normalized spacial score (nSPS) is 12.5. The Labute approximate surface area is 92.8 Å². The molecule has 0 spiro atoms. The van der Waals surface area contributed by atoms with Gasteiger partial charge in [-0.15, -0.1) is 0 Å². The predicted octanol–water partition coefficient (Wildman–Crippen LogP) is 2.66. The van der Waals surface area contributed by atoms with Crippen molar-refractivity contribution in [3.8, 4) is 0 Å². The van der Waals surface area contributed by atoms with E-state index < -0.39 is 0 Å². The molecule has 0 aromatic rings. The quantitative estimate of drug-likeness (QED) is 0.476. The molecule has 0 saturated carbocycles. The zero-order valence-electron chi connectivity index (χ0n) is 10.00. The second kappa shape index (κ2) is 9.97. The Morgan fingerprint density at radius 3 is 2.40 bits per heavy atom. The molecular formula is C12H24O3. The maximum atomic E-state index is 11.2. The summed E-state index contributed by atoms with van der Waals surface area (Å²) in [5.41, 5.74) is 0. The molecule has 0 aliphatic rings. The SMILES string of the molecule is CCCCCCCCC(=O)OC(C)CO. The van der Waals surface area contributed by atoms with Crippen LogP contribution in [-0.2, 0) is 9.53 Å². The van der Waals surface area contributed by atoms with E-state index in [2.05, 4.69) is 6.92 Å². The molecule has 0 amide bonds. The molecule has 1 atom stereocenters. The molecule has 0 aromatic carbocycles. The standard InChI is InChI=1S/C12H24O3/c1-3-4-5-6-7-8-9-12(14)15-11(2)10-13/h11,13H,3-10H2,1-2H3. The van der Waals surface area contributed by atoms with Gasteiger partial charge in [-0.3, -0.25) is 4.79 Å². The average molecular weight is 216 g/mol. The Hall–Kier alpha value is -0.570. The Bertz CT molecular complexity index is 157. The van der Waals surface area contributed by atoms with Crippen LogP contribution in [0, 0.1) is 0 Å². The Morgan fingerprint density at radius 1 is 1.20 bits per heavy atom. The molecule has 0 fully saturated rings. The summed E-state index contributed by atoms with van der Waals surface area (Å²) in [5.74, 6) is -0.188. The first-order valence-corrected chi connectivity index (χ1v) is 6.01. The number of carbonyl (C=O) groups excluding carboxylic acids is 1. The van der Waals surface area contributed by atoms with Crippen molar-refractivity contribution in [2.45, 2.75) is 64.9 Å². The smallest absolute Gasteiger partial charge is 0.306 e. The fraction of sp³-hybridized carbons (Fsp3) is 0.917. The first-order valence-electron chi connectivity index (χ1n) is 6.01. The van der Waals surface area contributed by atoms with Gasteiger partial charge >= 0.3 is 5.97 Å². The minimum atomic E-state index is -0.363. The average Bonchev–Trinajstić information content (AvgIpc) is 2.23. The highest BCUT2D eigenvalue weighted by Gasteiger charge is 2.07. The lowest BCUT2D eigenvalue weighted by molar-refractivity contribution is -0.150. The van der Waals surface area contributed by atoms with E-state index in [4.69, 9.17) is 9.84 Å². The van der Waals surface area contributed by atoms with Crippen LogP contribution in [-0.4, -0.2) is 23.8 Å². The van der Waals surface area contributed by atoms with Crippen molar-refractivity contribution in [2.75, 3.05) is 6.61 Å². The number of hydrogen-bond acceptors (Lipinski definition) is 3. The maximum absolute atomic E-state index is 11.2. The van der Waals surface area contributed by atoms with Crippen LogP contribution >= 0.6 is 0 Å². The second-order valence-electron chi connectivity index (χ2n) is 4.00. The van der Waals surface area contributed by atoms with Gasteiger partial charge in [0.2, 0.25) is 0 Å². The van der Waals surface area contributed by atoms with Gasteiger partial charge in [-0.2, -0.15) is 0 Å². The fourth-order valence-electron chi connectivity index (χ4n) is 1.37. The lowest BCUT2D eigenvalue weighted by Crippen LogP contribution is -2.18. The summed E-state index contributed by atoms with van der Waals surface area (Å²) in [6.07, 6.45) is 7.12. The van der Waals surface area contributed by atoms with Gasteiger partial charge in [0, 0.05) is 6.42 Å². The Balaban J connectivity index is 3.24. The number of hydrogen-bond donors (Lipinski definition) is 1. The number of rotatable bonds is 9. The lowest BCUT2D eigenvalue weighted by atomic mass is 10.1. The van der Waals surface area contributed by atoms with Crippen molar-refractivity contribution in [1.29, 1.82) is 0 Å². The molecule has 0 rings (SSSR count). The molecule has 0 bridgehead atoms. The number of carbonyl (C=O) groups is 1. The monoisotopic (exact) mass is 216 g/mol. The number of unbranched alkanes of at least 4 members (excludes halogenated alkanes) is 5. The first kappa shape index (κ1) is 14.4. The predicted molar refractivity (Wildman–Crippen MR) is 60.6 cm³/mol. The van der Waals surface area contributed by atoms with Crippen LogP contribution in [0.2, 0.25) is 0 Å². The van der Waals surface area contributed by atoms with Crippen LogP contribution in [0.4, 0.5) is 0 Å². The third-order valence-corrected chi connectivity index (χ3v) is 2.32. The van der Waals surface area contributed by atoms with Gasteiger partial charge in [0.05, 0.1) is 6.61 Å². The number of ether oxygens (including phenoxy) is 1. The van der Waals surface area contributed by atoms with Gasteiger partial charge in [-0.25, -0.2) is 0 Å². The van der Waals surface area contributed by atoms with Crippen LogP contribution in [0.25, 0.3) is 0 Å². The van der Waals surface area contributed by atoms with Gasteiger partial charge in [0.25, 0.3) is 0 Å². The van der Waals surface area contributed by atoms with Crippen molar-refractivity contribution < 1.29 is 14.6 Å².